The Balaban J connectivity index is 1.95. The van der Waals surface area contributed by atoms with Crippen LogP contribution in [0.4, 0.5) is 0 Å². The lowest BCUT2D eigenvalue weighted by molar-refractivity contribution is -0.145. The third-order valence-corrected chi connectivity index (χ3v) is 4.82. The minimum absolute atomic E-state index is 0.167. The van der Waals surface area contributed by atoms with Crippen LogP contribution in [0, 0.1) is 6.92 Å². The number of hydrogen-bond acceptors (Lipinski definition) is 5. The van der Waals surface area contributed by atoms with E-state index in [0.717, 1.165) is 35.8 Å². The van der Waals surface area contributed by atoms with Crippen LogP contribution >= 0.6 is 11.8 Å². The van der Waals surface area contributed by atoms with Crippen molar-refractivity contribution in [3.8, 4) is 0 Å². The summed E-state index contributed by atoms with van der Waals surface area (Å²) in [6.07, 6.45) is 3.14. The van der Waals surface area contributed by atoms with Gasteiger partial charge in [-0.1, -0.05) is 55.4 Å². The van der Waals surface area contributed by atoms with Gasteiger partial charge in [0.1, 0.15) is 0 Å². The quantitative estimate of drug-likeness (QED) is 0.519. The summed E-state index contributed by atoms with van der Waals surface area (Å²) in [7, 11) is 1.31. The van der Waals surface area contributed by atoms with E-state index < -0.39 is 12.0 Å². The molecule has 1 atom stereocenters. The van der Waals surface area contributed by atoms with E-state index in [1.54, 1.807) is 12.1 Å². The van der Waals surface area contributed by atoms with Gasteiger partial charge in [0.05, 0.1) is 18.6 Å². The number of imidazole rings is 1. The molecule has 0 aliphatic rings. The lowest BCUT2D eigenvalue weighted by atomic mass is 10.1. The Labute approximate surface area is 158 Å². The second-order valence-corrected chi connectivity index (χ2v) is 6.90. The number of unbranched alkanes of at least 4 members (excludes halogenated alkanes) is 1. The molecule has 7 heteroatoms. The van der Waals surface area contributed by atoms with Crippen LogP contribution in [0.3, 0.4) is 0 Å². The topological polar surface area (TPSA) is 84.1 Å². The molecular weight excluding hydrogens is 350 g/mol. The van der Waals surface area contributed by atoms with Gasteiger partial charge in [-0.2, -0.15) is 0 Å². The highest BCUT2D eigenvalue weighted by Gasteiger charge is 2.23. The van der Waals surface area contributed by atoms with E-state index in [1.807, 2.05) is 25.1 Å². The highest BCUT2D eigenvalue weighted by molar-refractivity contribution is 7.99. The van der Waals surface area contributed by atoms with Gasteiger partial charge in [0.2, 0.25) is 5.91 Å². The van der Waals surface area contributed by atoms with E-state index >= 15 is 0 Å². The number of amides is 1. The molecule has 0 saturated carbocycles. The molecular formula is C19H25N3O3S. The Morgan fingerprint density at radius 2 is 2.04 bits per heavy atom. The zero-order valence-electron chi connectivity index (χ0n) is 15.4. The fourth-order valence-electron chi connectivity index (χ4n) is 2.50. The molecule has 1 unspecified atom stereocenters. The average Bonchev–Trinajstić information content (AvgIpc) is 3.02. The van der Waals surface area contributed by atoms with Crippen molar-refractivity contribution in [3.05, 3.63) is 47.3 Å². The van der Waals surface area contributed by atoms with E-state index in [9.17, 15) is 9.59 Å². The number of aromatic amines is 1. The van der Waals surface area contributed by atoms with Crippen molar-refractivity contribution in [2.24, 2.45) is 0 Å². The Kier molecular flexibility index (Phi) is 7.72. The summed E-state index contributed by atoms with van der Waals surface area (Å²) in [6.45, 7) is 4.14. The normalized spacial score (nSPS) is 11.8. The molecule has 140 valence electrons. The molecule has 2 aromatic rings. The van der Waals surface area contributed by atoms with E-state index in [0.29, 0.717) is 5.56 Å². The lowest BCUT2D eigenvalue weighted by Crippen LogP contribution is -2.35. The number of nitrogens with one attached hydrogen (secondary N) is 2. The third kappa shape index (κ3) is 5.62. The lowest BCUT2D eigenvalue weighted by Gasteiger charge is -2.16. The Morgan fingerprint density at radius 3 is 2.69 bits per heavy atom. The number of carbonyl (C=O) groups excluding carboxylic acids is 2. The van der Waals surface area contributed by atoms with Gasteiger partial charge in [-0.3, -0.25) is 4.79 Å². The van der Waals surface area contributed by atoms with Crippen LogP contribution in [0.2, 0.25) is 0 Å². The number of ether oxygens (including phenoxy) is 1. The first kappa shape index (κ1) is 20.0. The number of esters is 1. The molecule has 1 aromatic carbocycles. The highest BCUT2D eigenvalue weighted by atomic mass is 32.2. The van der Waals surface area contributed by atoms with Crippen molar-refractivity contribution in [3.63, 3.8) is 0 Å². The first-order valence-electron chi connectivity index (χ1n) is 8.65. The predicted molar refractivity (Wildman–Crippen MR) is 102 cm³/mol. The third-order valence-electron chi connectivity index (χ3n) is 3.95. The second kappa shape index (κ2) is 10.0. The summed E-state index contributed by atoms with van der Waals surface area (Å²) in [5.74, 6) is -0.579. The van der Waals surface area contributed by atoms with E-state index in [2.05, 4.69) is 22.2 Å². The summed E-state index contributed by atoms with van der Waals surface area (Å²) in [6, 6.07) is 8.24. The van der Waals surface area contributed by atoms with Crippen LogP contribution < -0.4 is 5.32 Å². The number of benzene rings is 1. The van der Waals surface area contributed by atoms with Gasteiger partial charge >= 0.3 is 5.97 Å². The SMILES string of the molecule is CCCCc1nc(SCC(=O)NC(C(=O)OC)c2ccccc2)[nH]c1C. The fourth-order valence-corrected chi connectivity index (χ4v) is 3.25. The zero-order valence-corrected chi connectivity index (χ0v) is 16.2. The smallest absolute Gasteiger partial charge is 0.333 e. The minimum atomic E-state index is -0.812. The van der Waals surface area contributed by atoms with Gasteiger partial charge in [-0.15, -0.1) is 0 Å². The molecule has 1 heterocycles. The fraction of sp³-hybridized carbons (Fsp3) is 0.421. The molecule has 0 saturated heterocycles. The Morgan fingerprint density at radius 1 is 1.31 bits per heavy atom. The predicted octanol–water partition coefficient (Wildman–Crippen LogP) is 3.18. The molecule has 0 bridgehead atoms. The van der Waals surface area contributed by atoms with Crippen LogP contribution in [0.15, 0.2) is 35.5 Å². The Bertz CT molecular complexity index is 731. The maximum atomic E-state index is 12.3. The highest BCUT2D eigenvalue weighted by Crippen LogP contribution is 2.19. The van der Waals surface area contributed by atoms with Gasteiger partial charge in [-0.25, -0.2) is 9.78 Å². The van der Waals surface area contributed by atoms with E-state index in [1.165, 1.54) is 18.9 Å². The van der Waals surface area contributed by atoms with E-state index in [4.69, 9.17) is 4.74 Å². The van der Waals surface area contributed by atoms with Crippen molar-refractivity contribution in [2.75, 3.05) is 12.9 Å². The summed E-state index contributed by atoms with van der Waals surface area (Å²) < 4.78 is 4.81. The van der Waals surface area contributed by atoms with Gasteiger partial charge in [-0.05, 0) is 25.3 Å². The number of nitrogens with zero attached hydrogens (tertiary/aromatic N) is 1. The average molecular weight is 375 g/mol. The standard InChI is InChI=1S/C19H25N3O3S/c1-4-5-11-15-13(2)20-19(21-15)26-12-16(23)22-17(18(24)25-3)14-9-7-6-8-10-14/h6-10,17H,4-5,11-12H2,1-3H3,(H,20,21)(H,22,23). The van der Waals surface area contributed by atoms with E-state index in [-0.39, 0.29) is 11.7 Å². The van der Waals surface area contributed by atoms with Crippen molar-refractivity contribution < 1.29 is 14.3 Å². The summed E-state index contributed by atoms with van der Waals surface area (Å²) in [5.41, 5.74) is 2.78. The minimum Gasteiger partial charge on any atom is -0.467 e. The van der Waals surface area contributed by atoms with Gasteiger partial charge < -0.3 is 15.0 Å². The number of aryl methyl sites for hydroxylation is 2. The summed E-state index contributed by atoms with van der Waals surface area (Å²) in [4.78, 5) is 32.1. The molecule has 26 heavy (non-hydrogen) atoms. The van der Waals surface area contributed by atoms with Crippen molar-refractivity contribution in [2.45, 2.75) is 44.3 Å². The molecule has 0 aliphatic carbocycles. The molecule has 1 aromatic heterocycles. The van der Waals surface area contributed by atoms with Crippen molar-refractivity contribution in [1.82, 2.24) is 15.3 Å². The molecule has 0 fully saturated rings. The number of rotatable bonds is 9. The number of carbonyl (C=O) groups is 2. The number of H-pyrrole nitrogens is 1. The first-order valence-corrected chi connectivity index (χ1v) is 9.64. The monoisotopic (exact) mass is 375 g/mol. The molecule has 1 amide bonds. The number of hydrogen-bond donors (Lipinski definition) is 2. The van der Waals surface area contributed by atoms with Crippen molar-refractivity contribution >= 4 is 23.6 Å². The maximum Gasteiger partial charge on any atom is 0.333 e. The second-order valence-electron chi connectivity index (χ2n) is 5.94. The molecule has 2 rings (SSSR count). The van der Waals surface area contributed by atoms with Crippen LogP contribution in [0.5, 0.6) is 0 Å². The van der Waals surface area contributed by atoms with Crippen LogP contribution in [-0.2, 0) is 20.7 Å². The van der Waals surface area contributed by atoms with Gasteiger partial charge in [0, 0.05) is 5.69 Å². The molecule has 0 spiro atoms. The summed E-state index contributed by atoms with van der Waals surface area (Å²) in [5, 5.41) is 3.45. The molecule has 2 N–H and O–H groups in total. The molecule has 0 radical (unpaired) electrons. The van der Waals surface area contributed by atoms with Crippen molar-refractivity contribution in [1.29, 1.82) is 0 Å². The zero-order chi connectivity index (χ0) is 18.9. The van der Waals surface area contributed by atoms with Crippen LogP contribution in [0.25, 0.3) is 0 Å². The Hall–Kier alpha value is -2.28. The number of thioether (sulfide) groups is 1. The first-order chi connectivity index (χ1) is 12.5. The number of methoxy groups -OCH3 is 1. The van der Waals surface area contributed by atoms with Crippen LogP contribution in [0.1, 0.15) is 42.8 Å². The number of aromatic nitrogens is 2. The maximum absolute atomic E-state index is 12.3. The largest absolute Gasteiger partial charge is 0.467 e. The van der Waals surface area contributed by atoms with Gasteiger partial charge in [0.15, 0.2) is 11.2 Å². The van der Waals surface area contributed by atoms with Gasteiger partial charge in [0.25, 0.3) is 0 Å². The molecule has 6 nitrogen and oxygen atoms in total. The molecule has 0 aliphatic heterocycles. The summed E-state index contributed by atoms with van der Waals surface area (Å²) >= 11 is 1.32. The van der Waals surface area contributed by atoms with Crippen LogP contribution in [-0.4, -0.2) is 34.7 Å².